The summed E-state index contributed by atoms with van der Waals surface area (Å²) in [6.45, 7) is 0. The van der Waals surface area contributed by atoms with Gasteiger partial charge in [0.15, 0.2) is 0 Å². The molecule has 8 N–H and O–H groups in total. The first kappa shape index (κ1) is 8.86. The zero-order chi connectivity index (χ0) is 8.31. The summed E-state index contributed by atoms with van der Waals surface area (Å²) in [6.07, 6.45) is 0. The Morgan fingerprint density at radius 3 is 1.20 bits per heavy atom. The molecular weight excluding hydrogens is 136 g/mol. The Morgan fingerprint density at radius 1 is 0.900 bits per heavy atom. The first-order valence-electron chi connectivity index (χ1n) is 2.56. The van der Waals surface area contributed by atoms with Crippen LogP contribution in [-0.4, -0.2) is 23.9 Å². The number of hydrogen-bond acceptors (Lipinski definition) is 4. The Kier molecular flexibility index (Phi) is 2.78. The van der Waals surface area contributed by atoms with Gasteiger partial charge in [-0.3, -0.25) is 9.59 Å². The monoisotopic (exact) mass is 146 g/mol. The number of rotatable bonds is 3. The molecule has 0 aromatic carbocycles. The molecule has 0 bridgehead atoms. The molecule has 0 saturated heterocycles. The Balaban J connectivity index is 4.07. The fraction of sp³-hybridized carbons (Fsp3) is 0.500. The van der Waals surface area contributed by atoms with Crippen molar-refractivity contribution in [2.75, 3.05) is 0 Å². The lowest BCUT2D eigenvalue weighted by atomic mass is 10.1. The van der Waals surface area contributed by atoms with E-state index in [9.17, 15) is 9.59 Å². The number of primary amides is 2. The van der Waals surface area contributed by atoms with Gasteiger partial charge in [0.05, 0.1) is 0 Å². The summed E-state index contributed by atoms with van der Waals surface area (Å²) in [7, 11) is 0. The zero-order valence-electron chi connectivity index (χ0n) is 5.28. The standard InChI is InChI=1S/C4H10N4O2/c5-1(3(7)9)2(6)4(8)10/h1-2H,5-6H2,(H2,7,9)(H2,8,10). The van der Waals surface area contributed by atoms with Crippen LogP contribution in [0.25, 0.3) is 0 Å². The fourth-order valence-corrected chi connectivity index (χ4v) is 0.354. The lowest BCUT2D eigenvalue weighted by molar-refractivity contribution is -0.125. The lowest BCUT2D eigenvalue weighted by Crippen LogP contribution is -2.56. The molecule has 2 amide bonds. The first-order chi connectivity index (χ1) is 4.46. The van der Waals surface area contributed by atoms with Crippen LogP contribution in [0.1, 0.15) is 0 Å². The van der Waals surface area contributed by atoms with Crippen LogP contribution in [0, 0.1) is 0 Å². The molecule has 0 aliphatic rings. The molecule has 2 atom stereocenters. The lowest BCUT2D eigenvalue weighted by Gasteiger charge is -2.11. The van der Waals surface area contributed by atoms with Gasteiger partial charge in [-0.05, 0) is 0 Å². The molecule has 6 nitrogen and oxygen atoms in total. The average Bonchev–Trinajstić information content (AvgIpc) is 1.84. The molecule has 2 unspecified atom stereocenters. The molecule has 0 aromatic heterocycles. The predicted molar refractivity (Wildman–Crippen MR) is 34.3 cm³/mol. The minimum atomic E-state index is -1.20. The van der Waals surface area contributed by atoms with E-state index >= 15 is 0 Å². The zero-order valence-corrected chi connectivity index (χ0v) is 5.28. The second-order valence-corrected chi connectivity index (χ2v) is 1.86. The van der Waals surface area contributed by atoms with Gasteiger partial charge in [0, 0.05) is 0 Å². The van der Waals surface area contributed by atoms with Gasteiger partial charge in [-0.2, -0.15) is 0 Å². The van der Waals surface area contributed by atoms with E-state index in [1.807, 2.05) is 0 Å². The van der Waals surface area contributed by atoms with E-state index in [4.69, 9.17) is 22.9 Å². The Morgan fingerprint density at radius 2 is 1.10 bits per heavy atom. The van der Waals surface area contributed by atoms with Crippen molar-refractivity contribution in [2.24, 2.45) is 22.9 Å². The maximum Gasteiger partial charge on any atom is 0.236 e. The number of nitrogens with two attached hydrogens (primary N) is 4. The number of carbonyl (C=O) groups excluding carboxylic acids is 2. The van der Waals surface area contributed by atoms with Crippen LogP contribution >= 0.6 is 0 Å². The quantitative estimate of drug-likeness (QED) is 0.329. The number of hydrogen-bond donors (Lipinski definition) is 4. The third-order valence-electron chi connectivity index (χ3n) is 1.04. The molecule has 58 valence electrons. The van der Waals surface area contributed by atoms with Gasteiger partial charge in [0.25, 0.3) is 0 Å². The van der Waals surface area contributed by atoms with Crippen LogP contribution < -0.4 is 22.9 Å². The SMILES string of the molecule is NC(=O)C(N)C(N)C(N)=O. The van der Waals surface area contributed by atoms with Crippen LogP contribution in [0.2, 0.25) is 0 Å². The van der Waals surface area contributed by atoms with E-state index < -0.39 is 23.9 Å². The van der Waals surface area contributed by atoms with Crippen molar-refractivity contribution in [3.8, 4) is 0 Å². The van der Waals surface area contributed by atoms with Gasteiger partial charge in [-0.1, -0.05) is 0 Å². The average molecular weight is 146 g/mol. The van der Waals surface area contributed by atoms with Crippen molar-refractivity contribution in [1.29, 1.82) is 0 Å². The smallest absolute Gasteiger partial charge is 0.236 e. The van der Waals surface area contributed by atoms with Gasteiger partial charge < -0.3 is 22.9 Å². The first-order valence-corrected chi connectivity index (χ1v) is 2.56. The summed E-state index contributed by atoms with van der Waals surface area (Å²) >= 11 is 0. The summed E-state index contributed by atoms with van der Waals surface area (Å²) in [5.74, 6) is -1.68. The van der Waals surface area contributed by atoms with Gasteiger partial charge in [0.2, 0.25) is 11.8 Å². The molecule has 0 aromatic rings. The number of amides is 2. The molecule has 6 heteroatoms. The number of carbonyl (C=O) groups is 2. The van der Waals surface area contributed by atoms with E-state index in [-0.39, 0.29) is 0 Å². The summed E-state index contributed by atoms with van der Waals surface area (Å²) in [6, 6.07) is -2.39. The summed E-state index contributed by atoms with van der Waals surface area (Å²) in [5, 5.41) is 0. The predicted octanol–water partition coefficient (Wildman–Crippen LogP) is -3.39. The van der Waals surface area contributed by atoms with Crippen LogP contribution in [0.3, 0.4) is 0 Å². The highest BCUT2D eigenvalue weighted by atomic mass is 16.2. The van der Waals surface area contributed by atoms with Crippen LogP contribution in [0.15, 0.2) is 0 Å². The molecular formula is C4H10N4O2. The van der Waals surface area contributed by atoms with Crippen LogP contribution in [0.4, 0.5) is 0 Å². The van der Waals surface area contributed by atoms with Crippen LogP contribution in [0.5, 0.6) is 0 Å². The van der Waals surface area contributed by atoms with Gasteiger partial charge in [-0.15, -0.1) is 0 Å². The highest BCUT2D eigenvalue weighted by Gasteiger charge is 2.22. The largest absolute Gasteiger partial charge is 0.368 e. The van der Waals surface area contributed by atoms with Crippen molar-refractivity contribution in [2.45, 2.75) is 12.1 Å². The minimum Gasteiger partial charge on any atom is -0.368 e. The van der Waals surface area contributed by atoms with E-state index in [1.165, 1.54) is 0 Å². The second-order valence-electron chi connectivity index (χ2n) is 1.86. The summed E-state index contributed by atoms with van der Waals surface area (Å²) in [4.78, 5) is 20.5. The van der Waals surface area contributed by atoms with E-state index in [0.717, 1.165) is 0 Å². The van der Waals surface area contributed by atoms with Crippen molar-refractivity contribution in [3.63, 3.8) is 0 Å². The van der Waals surface area contributed by atoms with Crippen molar-refractivity contribution >= 4 is 11.8 Å². The minimum absolute atomic E-state index is 0.841. The molecule has 0 aliphatic carbocycles. The Hall–Kier alpha value is -1.14. The van der Waals surface area contributed by atoms with Gasteiger partial charge in [0.1, 0.15) is 12.1 Å². The molecule has 0 heterocycles. The van der Waals surface area contributed by atoms with E-state index in [2.05, 4.69) is 0 Å². The van der Waals surface area contributed by atoms with Crippen molar-refractivity contribution in [3.05, 3.63) is 0 Å². The normalized spacial score (nSPS) is 15.8. The molecule has 0 radical (unpaired) electrons. The maximum absolute atomic E-state index is 10.3. The molecule has 10 heavy (non-hydrogen) atoms. The Labute approximate surface area is 57.5 Å². The van der Waals surface area contributed by atoms with Gasteiger partial charge in [-0.25, -0.2) is 0 Å². The third-order valence-corrected chi connectivity index (χ3v) is 1.04. The highest BCUT2D eigenvalue weighted by Crippen LogP contribution is 1.82. The van der Waals surface area contributed by atoms with Crippen molar-refractivity contribution in [1.82, 2.24) is 0 Å². The molecule has 0 spiro atoms. The molecule has 0 fully saturated rings. The second kappa shape index (κ2) is 3.14. The van der Waals surface area contributed by atoms with Crippen molar-refractivity contribution < 1.29 is 9.59 Å². The van der Waals surface area contributed by atoms with E-state index in [1.54, 1.807) is 0 Å². The summed E-state index contributed by atoms with van der Waals surface area (Å²) < 4.78 is 0. The molecule has 0 rings (SSSR count). The topological polar surface area (TPSA) is 138 Å². The highest BCUT2D eigenvalue weighted by molar-refractivity contribution is 5.90. The Bertz CT molecular complexity index is 139. The molecule has 0 aliphatic heterocycles. The molecule has 0 saturated carbocycles. The fourth-order valence-electron chi connectivity index (χ4n) is 0.354. The van der Waals surface area contributed by atoms with Gasteiger partial charge >= 0.3 is 0 Å². The van der Waals surface area contributed by atoms with E-state index in [0.29, 0.717) is 0 Å². The maximum atomic E-state index is 10.3. The third kappa shape index (κ3) is 2.00. The van der Waals surface area contributed by atoms with Crippen LogP contribution in [-0.2, 0) is 9.59 Å². The summed E-state index contributed by atoms with van der Waals surface area (Å²) in [5.41, 5.74) is 19.6.